The molecular weight excluding hydrogens is 266 g/mol. The fourth-order valence-corrected chi connectivity index (χ4v) is 1.86. The summed E-state index contributed by atoms with van der Waals surface area (Å²) in [7, 11) is 0. The quantitative estimate of drug-likeness (QED) is 0.715. The van der Waals surface area contributed by atoms with Gasteiger partial charge in [0.1, 0.15) is 0 Å². The van der Waals surface area contributed by atoms with Gasteiger partial charge in [-0.2, -0.15) is 0 Å². The van der Waals surface area contributed by atoms with Gasteiger partial charge in [0, 0.05) is 37.6 Å². The molecule has 6 heteroatoms. The Balaban J connectivity index is 2.56. The van der Waals surface area contributed by atoms with Crippen LogP contribution in [0.15, 0.2) is 12.4 Å². The second kappa shape index (κ2) is 9.28. The Morgan fingerprint density at radius 1 is 1.29 bits per heavy atom. The summed E-state index contributed by atoms with van der Waals surface area (Å²) in [5.41, 5.74) is 1.05. The summed E-state index contributed by atoms with van der Waals surface area (Å²) in [4.78, 5) is 22.2. The van der Waals surface area contributed by atoms with Gasteiger partial charge in [-0.3, -0.25) is 4.79 Å². The minimum absolute atomic E-state index is 0.00868. The summed E-state index contributed by atoms with van der Waals surface area (Å²) in [5, 5.41) is 6.14. The van der Waals surface area contributed by atoms with Crippen LogP contribution in [0.2, 0.25) is 0 Å². The highest BCUT2D eigenvalue weighted by atomic mass is 16.2. The van der Waals surface area contributed by atoms with E-state index in [9.17, 15) is 4.79 Å². The number of anilines is 1. The summed E-state index contributed by atoms with van der Waals surface area (Å²) in [5.74, 6) is 1.21. The van der Waals surface area contributed by atoms with Crippen LogP contribution >= 0.6 is 0 Å². The van der Waals surface area contributed by atoms with Crippen LogP contribution in [0.1, 0.15) is 33.3 Å². The Labute approximate surface area is 127 Å². The average Bonchev–Trinajstić information content (AvgIpc) is 2.45. The van der Waals surface area contributed by atoms with Crippen molar-refractivity contribution >= 4 is 11.9 Å². The van der Waals surface area contributed by atoms with E-state index in [-0.39, 0.29) is 12.5 Å². The highest BCUT2D eigenvalue weighted by molar-refractivity contribution is 5.80. The first-order chi connectivity index (χ1) is 10.1. The fourth-order valence-electron chi connectivity index (χ4n) is 1.86. The molecule has 0 unspecified atom stereocenters. The number of likely N-dealkylation sites (N-methyl/N-ethyl adjacent to an activating group) is 2. The van der Waals surface area contributed by atoms with E-state index >= 15 is 0 Å². The van der Waals surface area contributed by atoms with E-state index in [1.54, 1.807) is 0 Å². The largest absolute Gasteiger partial charge is 0.355 e. The van der Waals surface area contributed by atoms with Crippen LogP contribution in [0, 0.1) is 5.92 Å². The second-order valence-electron chi connectivity index (χ2n) is 5.38. The Hall–Kier alpha value is -1.69. The molecule has 0 atom stereocenters. The van der Waals surface area contributed by atoms with Crippen molar-refractivity contribution in [2.45, 2.75) is 34.2 Å². The zero-order chi connectivity index (χ0) is 15.7. The van der Waals surface area contributed by atoms with Crippen LogP contribution in [-0.2, 0) is 11.3 Å². The first-order valence-electron chi connectivity index (χ1n) is 7.60. The smallest absolute Gasteiger partial charge is 0.239 e. The minimum Gasteiger partial charge on any atom is -0.355 e. The SMILES string of the molecule is CCNC(=O)CN(CC)c1ncc(CNCC(C)C)cn1. The van der Waals surface area contributed by atoms with Gasteiger partial charge in [-0.15, -0.1) is 0 Å². The molecule has 0 saturated carbocycles. The number of aromatic nitrogens is 2. The van der Waals surface area contributed by atoms with Crippen molar-refractivity contribution in [1.29, 1.82) is 0 Å². The lowest BCUT2D eigenvalue weighted by molar-refractivity contribution is -0.119. The van der Waals surface area contributed by atoms with Crippen molar-refractivity contribution < 1.29 is 4.79 Å². The molecule has 1 heterocycles. The molecule has 1 aromatic heterocycles. The van der Waals surface area contributed by atoms with Gasteiger partial charge in [-0.1, -0.05) is 13.8 Å². The Kier molecular flexibility index (Phi) is 7.68. The summed E-state index contributed by atoms with van der Waals surface area (Å²) >= 11 is 0. The molecule has 0 aliphatic rings. The number of rotatable bonds is 9. The van der Waals surface area contributed by atoms with Crippen LogP contribution in [0.4, 0.5) is 5.95 Å². The molecule has 0 spiro atoms. The third-order valence-electron chi connectivity index (χ3n) is 2.95. The molecule has 1 amide bonds. The van der Waals surface area contributed by atoms with Gasteiger partial charge < -0.3 is 15.5 Å². The zero-order valence-corrected chi connectivity index (χ0v) is 13.5. The summed E-state index contributed by atoms with van der Waals surface area (Å²) in [6.45, 7) is 11.6. The van der Waals surface area contributed by atoms with Crippen molar-refractivity contribution in [3.05, 3.63) is 18.0 Å². The summed E-state index contributed by atoms with van der Waals surface area (Å²) < 4.78 is 0. The van der Waals surface area contributed by atoms with Crippen LogP contribution in [0.25, 0.3) is 0 Å². The number of nitrogens with one attached hydrogen (secondary N) is 2. The molecule has 0 radical (unpaired) electrons. The molecule has 0 aliphatic carbocycles. The second-order valence-corrected chi connectivity index (χ2v) is 5.38. The number of carbonyl (C=O) groups is 1. The van der Waals surface area contributed by atoms with Gasteiger partial charge in [-0.25, -0.2) is 9.97 Å². The van der Waals surface area contributed by atoms with E-state index in [2.05, 4.69) is 34.4 Å². The van der Waals surface area contributed by atoms with Gasteiger partial charge in [0.25, 0.3) is 0 Å². The van der Waals surface area contributed by atoms with Crippen LogP contribution in [-0.4, -0.2) is 42.1 Å². The number of carbonyl (C=O) groups excluding carboxylic acids is 1. The van der Waals surface area contributed by atoms with E-state index in [1.807, 2.05) is 31.1 Å². The minimum atomic E-state index is -0.00868. The third-order valence-corrected chi connectivity index (χ3v) is 2.95. The molecule has 0 bridgehead atoms. The average molecular weight is 293 g/mol. The summed E-state index contributed by atoms with van der Waals surface area (Å²) in [6.07, 6.45) is 3.63. The first kappa shape index (κ1) is 17.4. The molecule has 6 nitrogen and oxygen atoms in total. The van der Waals surface area contributed by atoms with Crippen molar-refractivity contribution in [3.8, 4) is 0 Å². The highest BCUT2D eigenvalue weighted by Gasteiger charge is 2.11. The molecule has 118 valence electrons. The lowest BCUT2D eigenvalue weighted by Gasteiger charge is -2.20. The fraction of sp³-hybridized carbons (Fsp3) is 0.667. The Morgan fingerprint density at radius 3 is 2.48 bits per heavy atom. The molecule has 0 aromatic carbocycles. The third kappa shape index (κ3) is 6.53. The number of amides is 1. The maximum atomic E-state index is 11.6. The van der Waals surface area contributed by atoms with E-state index in [0.29, 0.717) is 25.0 Å². The predicted molar refractivity (Wildman–Crippen MR) is 85.1 cm³/mol. The van der Waals surface area contributed by atoms with Crippen molar-refractivity contribution in [2.75, 3.05) is 31.1 Å². The normalized spacial score (nSPS) is 10.7. The zero-order valence-electron chi connectivity index (χ0n) is 13.5. The van der Waals surface area contributed by atoms with Crippen LogP contribution in [0.5, 0.6) is 0 Å². The van der Waals surface area contributed by atoms with Crippen molar-refractivity contribution in [3.63, 3.8) is 0 Å². The van der Waals surface area contributed by atoms with Gasteiger partial charge >= 0.3 is 0 Å². The van der Waals surface area contributed by atoms with Crippen molar-refractivity contribution in [1.82, 2.24) is 20.6 Å². The van der Waals surface area contributed by atoms with E-state index < -0.39 is 0 Å². The monoisotopic (exact) mass is 293 g/mol. The van der Waals surface area contributed by atoms with E-state index in [1.165, 1.54) is 0 Å². The molecule has 0 aliphatic heterocycles. The first-order valence-corrected chi connectivity index (χ1v) is 7.60. The predicted octanol–water partition coefficient (Wildman–Crippen LogP) is 1.18. The molecule has 1 rings (SSSR count). The molecule has 21 heavy (non-hydrogen) atoms. The molecule has 0 fully saturated rings. The van der Waals surface area contributed by atoms with Gasteiger partial charge in [0.2, 0.25) is 11.9 Å². The Morgan fingerprint density at radius 2 is 1.95 bits per heavy atom. The molecule has 1 aromatic rings. The maximum Gasteiger partial charge on any atom is 0.239 e. The highest BCUT2D eigenvalue weighted by Crippen LogP contribution is 2.06. The number of nitrogens with zero attached hydrogens (tertiary/aromatic N) is 3. The van der Waals surface area contributed by atoms with E-state index in [0.717, 1.165) is 18.7 Å². The number of hydrogen-bond donors (Lipinski definition) is 2. The standard InChI is InChI=1S/C15H27N5O/c1-5-17-14(21)11-20(6-2)15-18-9-13(10-19-15)8-16-7-12(3)4/h9-10,12,16H,5-8,11H2,1-4H3,(H,17,21). The van der Waals surface area contributed by atoms with Gasteiger partial charge in [-0.05, 0) is 26.3 Å². The van der Waals surface area contributed by atoms with Crippen LogP contribution in [0.3, 0.4) is 0 Å². The molecular formula is C15H27N5O. The lowest BCUT2D eigenvalue weighted by atomic mass is 10.2. The van der Waals surface area contributed by atoms with Crippen molar-refractivity contribution in [2.24, 2.45) is 5.92 Å². The number of hydrogen-bond acceptors (Lipinski definition) is 5. The van der Waals surface area contributed by atoms with E-state index in [4.69, 9.17) is 0 Å². The Bertz CT molecular complexity index is 419. The lowest BCUT2D eigenvalue weighted by Crippen LogP contribution is -2.38. The van der Waals surface area contributed by atoms with Gasteiger partial charge in [0.05, 0.1) is 6.54 Å². The van der Waals surface area contributed by atoms with Crippen LogP contribution < -0.4 is 15.5 Å². The maximum absolute atomic E-state index is 11.6. The summed E-state index contributed by atoms with van der Waals surface area (Å²) in [6, 6.07) is 0. The van der Waals surface area contributed by atoms with Gasteiger partial charge in [0.15, 0.2) is 0 Å². The topological polar surface area (TPSA) is 70.2 Å². The molecule has 0 saturated heterocycles. The molecule has 2 N–H and O–H groups in total.